The summed E-state index contributed by atoms with van der Waals surface area (Å²) in [6.45, 7) is 1.04. The highest BCUT2D eigenvalue weighted by molar-refractivity contribution is 6.30. The predicted molar refractivity (Wildman–Crippen MR) is 64.3 cm³/mol. The second kappa shape index (κ2) is 5.36. The Labute approximate surface area is 96.1 Å². The maximum absolute atomic E-state index is 5.89. The van der Waals surface area contributed by atoms with E-state index in [4.69, 9.17) is 11.6 Å². The summed E-state index contributed by atoms with van der Waals surface area (Å²) in [7, 11) is 0. The van der Waals surface area contributed by atoms with Gasteiger partial charge in [0.1, 0.15) is 5.82 Å². The van der Waals surface area contributed by atoms with E-state index >= 15 is 0 Å². The molecule has 0 atom stereocenters. The fourth-order valence-electron chi connectivity index (χ4n) is 2.14. The molecule has 1 aromatic heterocycles. The molecule has 0 aliphatic heterocycles. The molecule has 0 radical (unpaired) electrons. The van der Waals surface area contributed by atoms with Crippen molar-refractivity contribution in [2.24, 2.45) is 5.92 Å². The summed E-state index contributed by atoms with van der Waals surface area (Å²) >= 11 is 5.89. The average Bonchev–Trinajstić information content (AvgIpc) is 2.28. The molecule has 1 aliphatic carbocycles. The Balaban J connectivity index is 1.81. The lowest BCUT2D eigenvalue weighted by molar-refractivity contribution is 0.373. The molecule has 1 aromatic rings. The molecule has 1 fully saturated rings. The monoisotopic (exact) mass is 224 g/mol. The van der Waals surface area contributed by atoms with Gasteiger partial charge in [0.15, 0.2) is 0 Å². The molecule has 3 heteroatoms. The van der Waals surface area contributed by atoms with Gasteiger partial charge in [-0.25, -0.2) is 4.98 Å². The van der Waals surface area contributed by atoms with Gasteiger partial charge in [-0.2, -0.15) is 0 Å². The smallest absolute Gasteiger partial charge is 0.127 e. The number of pyridine rings is 1. The second-order valence-corrected chi connectivity index (χ2v) is 4.68. The van der Waals surface area contributed by atoms with E-state index in [2.05, 4.69) is 10.3 Å². The summed E-state index contributed by atoms with van der Waals surface area (Å²) in [5, 5.41) is 4.11. The SMILES string of the molecule is Clc1ccnc(NCC2CCCCC2)c1. The standard InChI is InChI=1S/C12H17ClN2/c13-11-6-7-14-12(8-11)15-9-10-4-2-1-3-5-10/h6-8,10H,1-5,9H2,(H,14,15). The maximum Gasteiger partial charge on any atom is 0.127 e. The first-order valence-electron chi connectivity index (χ1n) is 5.70. The summed E-state index contributed by atoms with van der Waals surface area (Å²) in [4.78, 5) is 4.23. The van der Waals surface area contributed by atoms with Gasteiger partial charge in [0.2, 0.25) is 0 Å². The lowest BCUT2D eigenvalue weighted by Gasteiger charge is -2.21. The highest BCUT2D eigenvalue weighted by Crippen LogP contribution is 2.23. The number of hydrogen-bond donors (Lipinski definition) is 1. The number of nitrogens with one attached hydrogen (secondary N) is 1. The summed E-state index contributed by atoms with van der Waals surface area (Å²) < 4.78 is 0. The summed E-state index contributed by atoms with van der Waals surface area (Å²) in [5.41, 5.74) is 0. The van der Waals surface area contributed by atoms with Crippen LogP contribution in [0.1, 0.15) is 32.1 Å². The number of halogens is 1. The topological polar surface area (TPSA) is 24.9 Å². The normalized spacial score (nSPS) is 17.7. The highest BCUT2D eigenvalue weighted by Gasteiger charge is 2.12. The minimum absolute atomic E-state index is 0.746. The predicted octanol–water partition coefficient (Wildman–Crippen LogP) is 3.73. The van der Waals surface area contributed by atoms with Gasteiger partial charge in [-0.05, 0) is 30.9 Å². The van der Waals surface area contributed by atoms with Crippen molar-refractivity contribution < 1.29 is 0 Å². The third-order valence-corrected chi connectivity index (χ3v) is 3.25. The van der Waals surface area contributed by atoms with Gasteiger partial charge in [0.25, 0.3) is 0 Å². The first-order valence-corrected chi connectivity index (χ1v) is 6.08. The zero-order chi connectivity index (χ0) is 10.5. The molecule has 1 N–H and O–H groups in total. The summed E-state index contributed by atoms with van der Waals surface area (Å²) in [6, 6.07) is 3.68. The zero-order valence-corrected chi connectivity index (χ0v) is 9.63. The van der Waals surface area contributed by atoms with Crippen molar-refractivity contribution in [1.29, 1.82) is 0 Å². The molecule has 0 amide bonds. The van der Waals surface area contributed by atoms with E-state index < -0.39 is 0 Å². The number of nitrogens with zero attached hydrogens (tertiary/aromatic N) is 1. The average molecular weight is 225 g/mol. The van der Waals surface area contributed by atoms with Crippen LogP contribution in [-0.2, 0) is 0 Å². The van der Waals surface area contributed by atoms with E-state index in [0.29, 0.717) is 0 Å². The van der Waals surface area contributed by atoms with Crippen LogP contribution in [0.4, 0.5) is 5.82 Å². The molecule has 0 unspecified atom stereocenters. The highest BCUT2D eigenvalue weighted by atomic mass is 35.5. The molecule has 1 saturated carbocycles. The molecule has 15 heavy (non-hydrogen) atoms. The number of anilines is 1. The maximum atomic E-state index is 5.89. The first kappa shape index (κ1) is 10.7. The van der Waals surface area contributed by atoms with Gasteiger partial charge in [0, 0.05) is 17.8 Å². The van der Waals surface area contributed by atoms with Crippen LogP contribution >= 0.6 is 11.6 Å². The second-order valence-electron chi connectivity index (χ2n) is 4.24. The van der Waals surface area contributed by atoms with Crippen molar-refractivity contribution in [3.8, 4) is 0 Å². The van der Waals surface area contributed by atoms with Crippen molar-refractivity contribution in [3.63, 3.8) is 0 Å². The van der Waals surface area contributed by atoms with Crippen LogP contribution in [-0.4, -0.2) is 11.5 Å². The van der Waals surface area contributed by atoms with Gasteiger partial charge < -0.3 is 5.32 Å². The summed E-state index contributed by atoms with van der Waals surface area (Å²) in [6.07, 6.45) is 8.63. The number of aromatic nitrogens is 1. The fourth-order valence-corrected chi connectivity index (χ4v) is 2.30. The van der Waals surface area contributed by atoms with Gasteiger partial charge in [-0.1, -0.05) is 30.9 Å². The Kier molecular flexibility index (Phi) is 3.84. The third kappa shape index (κ3) is 3.38. The van der Waals surface area contributed by atoms with E-state index in [9.17, 15) is 0 Å². The molecule has 0 aromatic carbocycles. The molecular weight excluding hydrogens is 208 g/mol. The van der Waals surface area contributed by atoms with E-state index in [1.807, 2.05) is 6.07 Å². The van der Waals surface area contributed by atoms with Crippen molar-refractivity contribution in [1.82, 2.24) is 4.98 Å². The fraction of sp³-hybridized carbons (Fsp3) is 0.583. The van der Waals surface area contributed by atoms with E-state index in [1.54, 1.807) is 12.3 Å². The van der Waals surface area contributed by atoms with Gasteiger partial charge in [0.05, 0.1) is 0 Å². The van der Waals surface area contributed by atoms with E-state index in [-0.39, 0.29) is 0 Å². The van der Waals surface area contributed by atoms with Crippen molar-refractivity contribution in [2.75, 3.05) is 11.9 Å². The van der Waals surface area contributed by atoms with E-state index in [0.717, 1.165) is 23.3 Å². The molecule has 1 heterocycles. The number of rotatable bonds is 3. The largest absolute Gasteiger partial charge is 0.370 e. The number of hydrogen-bond acceptors (Lipinski definition) is 2. The molecular formula is C12H17ClN2. The van der Waals surface area contributed by atoms with Gasteiger partial charge >= 0.3 is 0 Å². The van der Waals surface area contributed by atoms with Crippen molar-refractivity contribution in [2.45, 2.75) is 32.1 Å². The summed E-state index contributed by atoms with van der Waals surface area (Å²) in [5.74, 6) is 1.72. The third-order valence-electron chi connectivity index (χ3n) is 3.02. The molecule has 0 saturated heterocycles. The Morgan fingerprint density at radius 3 is 2.87 bits per heavy atom. The van der Waals surface area contributed by atoms with Gasteiger partial charge in [-0.15, -0.1) is 0 Å². The lowest BCUT2D eigenvalue weighted by atomic mass is 9.89. The molecule has 82 valence electrons. The Hall–Kier alpha value is -0.760. The molecule has 0 spiro atoms. The van der Waals surface area contributed by atoms with Crippen LogP contribution in [0.3, 0.4) is 0 Å². The van der Waals surface area contributed by atoms with Crippen LogP contribution in [0.5, 0.6) is 0 Å². The van der Waals surface area contributed by atoms with Crippen molar-refractivity contribution in [3.05, 3.63) is 23.4 Å². The van der Waals surface area contributed by atoms with Crippen LogP contribution in [0.25, 0.3) is 0 Å². The van der Waals surface area contributed by atoms with Crippen LogP contribution in [0, 0.1) is 5.92 Å². The minimum atomic E-state index is 0.746. The van der Waals surface area contributed by atoms with E-state index in [1.165, 1.54) is 32.1 Å². The molecule has 0 bridgehead atoms. The van der Waals surface area contributed by atoms with Crippen LogP contribution in [0.2, 0.25) is 5.02 Å². The quantitative estimate of drug-likeness (QED) is 0.847. The molecule has 2 nitrogen and oxygen atoms in total. The Bertz CT molecular complexity index is 308. The van der Waals surface area contributed by atoms with Crippen molar-refractivity contribution >= 4 is 17.4 Å². The Morgan fingerprint density at radius 1 is 1.33 bits per heavy atom. The molecule has 1 aliphatic rings. The Morgan fingerprint density at radius 2 is 2.13 bits per heavy atom. The van der Waals surface area contributed by atoms with Crippen LogP contribution < -0.4 is 5.32 Å². The zero-order valence-electron chi connectivity index (χ0n) is 8.88. The minimum Gasteiger partial charge on any atom is -0.370 e. The molecule has 2 rings (SSSR count). The lowest BCUT2D eigenvalue weighted by Crippen LogP contribution is -2.17. The van der Waals surface area contributed by atoms with Gasteiger partial charge in [-0.3, -0.25) is 0 Å². The van der Waals surface area contributed by atoms with Crippen LogP contribution in [0.15, 0.2) is 18.3 Å². The first-order chi connectivity index (χ1) is 7.34.